The van der Waals surface area contributed by atoms with Crippen LogP contribution < -0.4 is 5.43 Å². The zero-order chi connectivity index (χ0) is 17.3. The van der Waals surface area contributed by atoms with Gasteiger partial charge in [-0.15, -0.1) is 0 Å². The van der Waals surface area contributed by atoms with E-state index in [1.165, 1.54) is 0 Å². The molecular formula is C12H11F5N2O4. The van der Waals surface area contributed by atoms with Gasteiger partial charge in [0, 0.05) is 0 Å². The quantitative estimate of drug-likeness (QED) is 0.207. The lowest BCUT2D eigenvalue weighted by Gasteiger charge is -2.10. The van der Waals surface area contributed by atoms with E-state index in [9.17, 15) is 32.2 Å². The maximum Gasteiger partial charge on any atom is 0.200 e. The van der Waals surface area contributed by atoms with E-state index in [2.05, 4.69) is 5.10 Å². The van der Waals surface area contributed by atoms with E-state index in [1.807, 2.05) is 0 Å². The number of aliphatic hydroxyl groups is 3. The highest BCUT2D eigenvalue weighted by molar-refractivity contribution is 5.66. The summed E-state index contributed by atoms with van der Waals surface area (Å²) in [6.07, 6.45) is -4.52. The fourth-order valence-corrected chi connectivity index (χ4v) is 1.93. The summed E-state index contributed by atoms with van der Waals surface area (Å²) >= 11 is 0. The second kappa shape index (κ2) is 6.74. The van der Waals surface area contributed by atoms with Crippen molar-refractivity contribution in [1.29, 1.82) is 0 Å². The molecule has 1 aromatic carbocycles. The molecule has 1 heterocycles. The lowest BCUT2D eigenvalue weighted by atomic mass is 10.1. The SMILES string of the molecule is OC[C@H]1O[C@H](/C=N/Nc2c(F)c(F)c(F)c(F)c2F)[C@@H](O)[C@@H]1O. The summed E-state index contributed by atoms with van der Waals surface area (Å²) in [5.74, 6) is -10.8. The molecule has 6 nitrogen and oxygen atoms in total. The minimum absolute atomic E-state index is 0.604. The Morgan fingerprint density at radius 1 is 0.957 bits per heavy atom. The molecule has 23 heavy (non-hydrogen) atoms. The number of hydrazone groups is 1. The lowest BCUT2D eigenvalue weighted by molar-refractivity contribution is -0.00956. The van der Waals surface area contributed by atoms with E-state index in [0.717, 1.165) is 6.21 Å². The smallest absolute Gasteiger partial charge is 0.200 e. The Kier molecular flexibility index (Phi) is 5.14. The number of nitrogens with one attached hydrogen (secondary N) is 1. The number of halogens is 5. The van der Waals surface area contributed by atoms with Crippen molar-refractivity contribution in [2.75, 3.05) is 12.0 Å². The second-order valence-electron chi connectivity index (χ2n) is 4.64. The van der Waals surface area contributed by atoms with Gasteiger partial charge in [-0.3, -0.25) is 5.43 Å². The molecule has 1 fully saturated rings. The Bertz CT molecular complexity index is 601. The summed E-state index contributed by atoms with van der Waals surface area (Å²) < 4.78 is 70.4. The molecule has 128 valence electrons. The fraction of sp³-hybridized carbons (Fsp3) is 0.417. The van der Waals surface area contributed by atoms with Crippen molar-refractivity contribution in [3.05, 3.63) is 29.1 Å². The summed E-state index contributed by atoms with van der Waals surface area (Å²) in [5.41, 5.74) is 0.238. The third-order valence-electron chi connectivity index (χ3n) is 3.19. The van der Waals surface area contributed by atoms with Crippen molar-refractivity contribution in [3.63, 3.8) is 0 Å². The van der Waals surface area contributed by atoms with Gasteiger partial charge in [0.2, 0.25) is 5.82 Å². The van der Waals surface area contributed by atoms with Crippen LogP contribution in [0.1, 0.15) is 0 Å². The molecule has 1 aromatic rings. The largest absolute Gasteiger partial charge is 0.394 e. The molecule has 2 rings (SSSR count). The third-order valence-corrected chi connectivity index (χ3v) is 3.19. The van der Waals surface area contributed by atoms with Crippen molar-refractivity contribution in [1.82, 2.24) is 0 Å². The van der Waals surface area contributed by atoms with Gasteiger partial charge in [0.05, 0.1) is 12.8 Å². The molecule has 11 heteroatoms. The number of hydrogen-bond acceptors (Lipinski definition) is 6. The Morgan fingerprint density at radius 2 is 1.48 bits per heavy atom. The van der Waals surface area contributed by atoms with E-state index in [0.29, 0.717) is 0 Å². The molecule has 0 amide bonds. The molecule has 0 saturated carbocycles. The van der Waals surface area contributed by atoms with Gasteiger partial charge in [-0.05, 0) is 0 Å². The first-order valence-corrected chi connectivity index (χ1v) is 6.22. The minimum Gasteiger partial charge on any atom is -0.394 e. The Balaban J connectivity index is 2.16. The van der Waals surface area contributed by atoms with E-state index in [1.54, 1.807) is 5.43 Å². The van der Waals surface area contributed by atoms with Crippen molar-refractivity contribution in [3.8, 4) is 0 Å². The summed E-state index contributed by atoms with van der Waals surface area (Å²) in [4.78, 5) is 0. The Hall–Kier alpha value is -1.82. The average molecular weight is 342 g/mol. The van der Waals surface area contributed by atoms with Crippen molar-refractivity contribution < 1.29 is 42.0 Å². The summed E-state index contributed by atoms with van der Waals surface area (Å²) in [5, 5.41) is 31.1. The third kappa shape index (κ3) is 3.13. The monoisotopic (exact) mass is 342 g/mol. The van der Waals surface area contributed by atoms with Gasteiger partial charge >= 0.3 is 0 Å². The fourth-order valence-electron chi connectivity index (χ4n) is 1.93. The van der Waals surface area contributed by atoms with Crippen LogP contribution in [0.15, 0.2) is 5.10 Å². The van der Waals surface area contributed by atoms with Gasteiger partial charge in [-0.25, -0.2) is 22.0 Å². The predicted octanol–water partition coefficient (Wildman–Crippen LogP) is 0.261. The van der Waals surface area contributed by atoms with E-state index in [-0.39, 0.29) is 0 Å². The van der Waals surface area contributed by atoms with Crippen LogP contribution in [0.3, 0.4) is 0 Å². The molecule has 1 saturated heterocycles. The van der Waals surface area contributed by atoms with Gasteiger partial charge in [-0.2, -0.15) is 5.10 Å². The van der Waals surface area contributed by atoms with Gasteiger partial charge in [0.15, 0.2) is 23.3 Å². The van der Waals surface area contributed by atoms with Gasteiger partial charge in [-0.1, -0.05) is 0 Å². The molecule has 1 aliphatic heterocycles. The zero-order valence-electron chi connectivity index (χ0n) is 11.2. The van der Waals surface area contributed by atoms with Crippen molar-refractivity contribution in [2.45, 2.75) is 24.4 Å². The van der Waals surface area contributed by atoms with E-state index in [4.69, 9.17) is 9.84 Å². The first-order valence-electron chi connectivity index (χ1n) is 6.22. The molecule has 4 atom stereocenters. The highest BCUT2D eigenvalue weighted by Gasteiger charge is 2.41. The predicted molar refractivity (Wildman–Crippen MR) is 66.1 cm³/mol. The van der Waals surface area contributed by atoms with Crippen LogP contribution >= 0.6 is 0 Å². The first-order chi connectivity index (χ1) is 10.8. The van der Waals surface area contributed by atoms with Crippen LogP contribution in [-0.2, 0) is 4.74 Å². The summed E-state index contributed by atoms with van der Waals surface area (Å²) in [6.45, 7) is -0.604. The van der Waals surface area contributed by atoms with Crippen LogP contribution in [-0.4, -0.2) is 52.6 Å². The summed E-state index contributed by atoms with van der Waals surface area (Å²) in [6, 6.07) is 0. The molecule has 0 bridgehead atoms. The highest BCUT2D eigenvalue weighted by atomic mass is 19.2. The molecule has 0 spiro atoms. The number of aliphatic hydroxyl groups excluding tert-OH is 3. The maximum absolute atomic E-state index is 13.3. The minimum atomic E-state index is -2.31. The van der Waals surface area contributed by atoms with Gasteiger partial charge in [0.1, 0.15) is 30.1 Å². The molecule has 4 N–H and O–H groups in total. The number of hydrogen-bond donors (Lipinski definition) is 4. The molecule has 0 radical (unpaired) electrons. The normalized spacial score (nSPS) is 27.8. The lowest BCUT2D eigenvalue weighted by Crippen LogP contribution is -2.34. The molecular weight excluding hydrogens is 331 g/mol. The molecule has 1 aliphatic rings. The number of benzene rings is 1. The maximum atomic E-state index is 13.3. The molecule has 0 unspecified atom stereocenters. The number of anilines is 1. The van der Waals surface area contributed by atoms with Crippen LogP contribution in [0.4, 0.5) is 27.6 Å². The van der Waals surface area contributed by atoms with E-state index >= 15 is 0 Å². The molecule has 0 aromatic heterocycles. The number of ether oxygens (including phenoxy) is 1. The van der Waals surface area contributed by atoms with Crippen LogP contribution in [0, 0.1) is 29.1 Å². The highest BCUT2D eigenvalue weighted by Crippen LogP contribution is 2.27. The van der Waals surface area contributed by atoms with Gasteiger partial charge < -0.3 is 20.1 Å². The van der Waals surface area contributed by atoms with Crippen LogP contribution in [0.5, 0.6) is 0 Å². The Labute approximate surface area is 125 Å². The van der Waals surface area contributed by atoms with E-state index < -0.39 is 65.8 Å². The second-order valence-corrected chi connectivity index (χ2v) is 4.64. The standard InChI is InChI=1S/C12H11F5N2O4/c13-5-6(14)8(16)10(9(17)7(5)15)19-18-1-3-11(21)12(22)4(2-20)23-3/h1,3-4,11-12,19-22H,2H2/b18-1+/t3-,4-,11-,12-/m1/s1. The van der Waals surface area contributed by atoms with Crippen molar-refractivity contribution >= 4 is 11.9 Å². The average Bonchev–Trinajstić information content (AvgIpc) is 2.82. The van der Waals surface area contributed by atoms with Crippen LogP contribution in [0.25, 0.3) is 0 Å². The summed E-state index contributed by atoms with van der Waals surface area (Å²) in [7, 11) is 0. The molecule has 0 aliphatic carbocycles. The number of rotatable bonds is 4. The zero-order valence-corrected chi connectivity index (χ0v) is 11.2. The first kappa shape index (κ1) is 17.5. The van der Waals surface area contributed by atoms with Gasteiger partial charge in [0.25, 0.3) is 0 Å². The van der Waals surface area contributed by atoms with Crippen LogP contribution in [0.2, 0.25) is 0 Å². The Morgan fingerprint density at radius 3 is 1.96 bits per heavy atom. The number of nitrogens with zero attached hydrogens (tertiary/aromatic N) is 1. The topological polar surface area (TPSA) is 94.3 Å². The van der Waals surface area contributed by atoms with Crippen molar-refractivity contribution in [2.24, 2.45) is 5.10 Å².